The third kappa shape index (κ3) is 4.45. The molecule has 2 saturated heterocycles. The predicted molar refractivity (Wildman–Crippen MR) is 88.5 cm³/mol. The van der Waals surface area contributed by atoms with E-state index in [1.807, 2.05) is 6.07 Å². The maximum Gasteiger partial charge on any atom is 0.119 e. The number of hydrogen-bond acceptors (Lipinski definition) is 4. The van der Waals surface area contributed by atoms with Crippen LogP contribution in [0, 0.1) is 6.92 Å². The molecule has 0 amide bonds. The van der Waals surface area contributed by atoms with Gasteiger partial charge in [-0.1, -0.05) is 12.1 Å². The van der Waals surface area contributed by atoms with Crippen molar-refractivity contribution in [1.29, 1.82) is 0 Å². The van der Waals surface area contributed by atoms with E-state index in [-0.39, 0.29) is 0 Å². The molecule has 3 rings (SSSR count). The van der Waals surface area contributed by atoms with Crippen LogP contribution in [0.4, 0.5) is 0 Å². The Morgan fingerprint density at radius 2 is 1.91 bits per heavy atom. The summed E-state index contributed by atoms with van der Waals surface area (Å²) < 4.78 is 11.3. The van der Waals surface area contributed by atoms with Crippen molar-refractivity contribution in [1.82, 2.24) is 9.80 Å². The van der Waals surface area contributed by atoms with Crippen molar-refractivity contribution in [2.24, 2.45) is 0 Å². The Kier molecular flexibility index (Phi) is 5.70. The molecule has 122 valence electrons. The van der Waals surface area contributed by atoms with Crippen LogP contribution in [0.1, 0.15) is 18.4 Å². The van der Waals surface area contributed by atoms with Gasteiger partial charge in [-0.2, -0.15) is 0 Å². The molecule has 0 saturated carbocycles. The number of ether oxygens (including phenoxy) is 2. The van der Waals surface area contributed by atoms with Gasteiger partial charge in [0.2, 0.25) is 0 Å². The Balaban J connectivity index is 1.35. The largest absolute Gasteiger partial charge is 0.492 e. The summed E-state index contributed by atoms with van der Waals surface area (Å²) in [6.45, 7) is 10.3. The van der Waals surface area contributed by atoms with Gasteiger partial charge in [0.05, 0.1) is 13.2 Å². The van der Waals surface area contributed by atoms with Gasteiger partial charge in [0, 0.05) is 25.7 Å². The zero-order chi connectivity index (χ0) is 15.2. The van der Waals surface area contributed by atoms with Crippen LogP contribution in [0.5, 0.6) is 5.75 Å². The Hall–Kier alpha value is -1.10. The number of rotatable bonds is 5. The highest BCUT2D eigenvalue weighted by Crippen LogP contribution is 2.18. The minimum absolute atomic E-state index is 0.762. The Bertz CT molecular complexity index is 452. The maximum atomic E-state index is 5.86. The minimum atomic E-state index is 0.762. The van der Waals surface area contributed by atoms with Crippen LogP contribution in [0.15, 0.2) is 24.3 Å². The van der Waals surface area contributed by atoms with Gasteiger partial charge in [-0.05, 0) is 50.6 Å². The summed E-state index contributed by atoms with van der Waals surface area (Å²) in [6.07, 6.45) is 2.56. The molecule has 0 aliphatic carbocycles. The summed E-state index contributed by atoms with van der Waals surface area (Å²) in [5, 5.41) is 0. The van der Waals surface area contributed by atoms with E-state index < -0.39 is 0 Å². The topological polar surface area (TPSA) is 24.9 Å². The van der Waals surface area contributed by atoms with Gasteiger partial charge in [0.15, 0.2) is 0 Å². The smallest absolute Gasteiger partial charge is 0.119 e. The van der Waals surface area contributed by atoms with Crippen molar-refractivity contribution in [2.45, 2.75) is 25.8 Å². The van der Waals surface area contributed by atoms with Crippen LogP contribution < -0.4 is 4.74 Å². The van der Waals surface area contributed by atoms with E-state index >= 15 is 0 Å². The molecule has 2 heterocycles. The van der Waals surface area contributed by atoms with E-state index in [2.05, 4.69) is 34.9 Å². The second-order valence-electron chi connectivity index (χ2n) is 6.39. The second kappa shape index (κ2) is 7.95. The van der Waals surface area contributed by atoms with Crippen LogP contribution in [0.2, 0.25) is 0 Å². The van der Waals surface area contributed by atoms with Gasteiger partial charge in [0.25, 0.3) is 0 Å². The summed E-state index contributed by atoms with van der Waals surface area (Å²) in [6, 6.07) is 9.06. The highest BCUT2D eigenvalue weighted by molar-refractivity contribution is 5.27. The molecular weight excluding hydrogens is 276 g/mol. The molecule has 22 heavy (non-hydrogen) atoms. The first-order valence-corrected chi connectivity index (χ1v) is 8.55. The van der Waals surface area contributed by atoms with Gasteiger partial charge in [0.1, 0.15) is 12.4 Å². The zero-order valence-corrected chi connectivity index (χ0v) is 13.7. The average molecular weight is 304 g/mol. The number of likely N-dealkylation sites (tertiary alicyclic amines) is 1. The molecule has 0 unspecified atom stereocenters. The molecule has 0 bridgehead atoms. The summed E-state index contributed by atoms with van der Waals surface area (Å²) in [5.74, 6) is 0.989. The normalized spacial score (nSPS) is 21.9. The number of morpholine rings is 1. The minimum Gasteiger partial charge on any atom is -0.492 e. The van der Waals surface area contributed by atoms with E-state index in [1.165, 1.54) is 31.5 Å². The molecule has 2 aliphatic heterocycles. The lowest BCUT2D eigenvalue weighted by Gasteiger charge is -2.40. The van der Waals surface area contributed by atoms with Crippen LogP contribution >= 0.6 is 0 Å². The summed E-state index contributed by atoms with van der Waals surface area (Å²) in [7, 11) is 0. The van der Waals surface area contributed by atoms with E-state index in [9.17, 15) is 0 Å². The van der Waals surface area contributed by atoms with E-state index in [0.29, 0.717) is 0 Å². The first-order valence-electron chi connectivity index (χ1n) is 8.55. The Morgan fingerprint density at radius 3 is 2.64 bits per heavy atom. The third-order valence-corrected chi connectivity index (χ3v) is 4.78. The molecule has 4 heteroatoms. The number of benzene rings is 1. The quantitative estimate of drug-likeness (QED) is 0.832. The molecule has 0 atom stereocenters. The van der Waals surface area contributed by atoms with Gasteiger partial charge in [-0.25, -0.2) is 0 Å². The first kappa shape index (κ1) is 15.8. The lowest BCUT2D eigenvalue weighted by atomic mass is 10.0. The third-order valence-electron chi connectivity index (χ3n) is 4.78. The molecule has 2 fully saturated rings. The standard InChI is InChI=1S/C18H28N2O2/c1-16-3-2-4-18(15-16)22-14-9-19-7-5-17(6-8-19)20-10-12-21-13-11-20/h2-4,15,17H,5-14H2,1H3. The number of piperidine rings is 1. The van der Waals surface area contributed by atoms with E-state index in [0.717, 1.165) is 51.2 Å². The lowest BCUT2D eigenvalue weighted by Crippen LogP contribution is -2.49. The van der Waals surface area contributed by atoms with Crippen LogP contribution in [-0.2, 0) is 4.74 Å². The van der Waals surface area contributed by atoms with Crippen LogP contribution in [-0.4, -0.2) is 68.4 Å². The number of hydrogen-bond donors (Lipinski definition) is 0. The fraction of sp³-hybridized carbons (Fsp3) is 0.667. The van der Waals surface area contributed by atoms with Crippen molar-refractivity contribution >= 4 is 0 Å². The maximum absolute atomic E-state index is 5.86. The summed E-state index contributed by atoms with van der Waals surface area (Å²) in [4.78, 5) is 5.15. The molecule has 0 spiro atoms. The van der Waals surface area contributed by atoms with Gasteiger partial charge < -0.3 is 9.47 Å². The molecule has 0 radical (unpaired) electrons. The van der Waals surface area contributed by atoms with Crippen molar-refractivity contribution in [3.8, 4) is 5.75 Å². The molecule has 4 nitrogen and oxygen atoms in total. The van der Waals surface area contributed by atoms with Crippen LogP contribution in [0.25, 0.3) is 0 Å². The highest BCUT2D eigenvalue weighted by Gasteiger charge is 2.25. The molecular formula is C18H28N2O2. The number of aryl methyl sites for hydroxylation is 1. The average Bonchev–Trinajstić information content (AvgIpc) is 2.56. The van der Waals surface area contributed by atoms with Crippen molar-refractivity contribution in [3.05, 3.63) is 29.8 Å². The monoisotopic (exact) mass is 304 g/mol. The molecule has 0 aromatic heterocycles. The summed E-state index contributed by atoms with van der Waals surface area (Å²) in [5.41, 5.74) is 1.25. The van der Waals surface area contributed by atoms with E-state index in [1.54, 1.807) is 0 Å². The zero-order valence-electron chi connectivity index (χ0n) is 13.7. The molecule has 2 aliphatic rings. The fourth-order valence-electron chi connectivity index (χ4n) is 3.45. The van der Waals surface area contributed by atoms with Gasteiger partial charge in [-0.3, -0.25) is 9.80 Å². The lowest BCUT2D eigenvalue weighted by molar-refractivity contribution is 0.0000703. The van der Waals surface area contributed by atoms with Crippen molar-refractivity contribution in [2.75, 3.05) is 52.5 Å². The SMILES string of the molecule is Cc1cccc(OCCN2CCC(N3CCOCC3)CC2)c1. The molecule has 1 aromatic carbocycles. The van der Waals surface area contributed by atoms with Crippen molar-refractivity contribution in [3.63, 3.8) is 0 Å². The van der Waals surface area contributed by atoms with Crippen LogP contribution in [0.3, 0.4) is 0 Å². The van der Waals surface area contributed by atoms with Gasteiger partial charge >= 0.3 is 0 Å². The van der Waals surface area contributed by atoms with E-state index in [4.69, 9.17) is 9.47 Å². The summed E-state index contributed by atoms with van der Waals surface area (Å²) >= 11 is 0. The Morgan fingerprint density at radius 1 is 1.14 bits per heavy atom. The second-order valence-corrected chi connectivity index (χ2v) is 6.39. The molecule has 0 N–H and O–H groups in total. The molecule has 1 aromatic rings. The Labute approximate surface area is 134 Å². The van der Waals surface area contributed by atoms with Crippen molar-refractivity contribution < 1.29 is 9.47 Å². The first-order chi connectivity index (χ1) is 10.8. The number of nitrogens with zero attached hydrogens (tertiary/aromatic N) is 2. The van der Waals surface area contributed by atoms with Gasteiger partial charge in [-0.15, -0.1) is 0 Å². The highest BCUT2D eigenvalue weighted by atomic mass is 16.5. The predicted octanol–water partition coefficient (Wildman–Crippen LogP) is 2.17. The fourth-order valence-corrected chi connectivity index (χ4v) is 3.45.